The molecule has 0 fully saturated rings. The number of hydrogen-bond donors (Lipinski definition) is 0. The van der Waals surface area contributed by atoms with Crippen molar-refractivity contribution >= 4 is 0 Å². The van der Waals surface area contributed by atoms with Gasteiger partial charge in [-0.2, -0.15) is 0 Å². The first-order chi connectivity index (χ1) is 8.37. The minimum atomic E-state index is 0.255. The van der Waals surface area contributed by atoms with Gasteiger partial charge in [-0.05, 0) is 18.4 Å². The molecule has 0 spiro atoms. The standard InChI is InChI=1S/C17H22/c1-2-3-8-13-17(14-9-5-10-15-17)16-11-6-4-7-12-16/h4-7,9-12,14H,2-3,8,13,15H2,1H3. The molecule has 0 radical (unpaired) electrons. The van der Waals surface area contributed by atoms with Gasteiger partial charge < -0.3 is 0 Å². The van der Waals surface area contributed by atoms with Gasteiger partial charge in [-0.1, -0.05) is 80.8 Å². The molecule has 0 saturated carbocycles. The van der Waals surface area contributed by atoms with Crippen molar-refractivity contribution in [2.24, 2.45) is 0 Å². The van der Waals surface area contributed by atoms with Crippen LogP contribution in [0, 0.1) is 0 Å². The summed E-state index contributed by atoms with van der Waals surface area (Å²) in [5.41, 5.74) is 1.72. The molecule has 2 rings (SSSR count). The Morgan fingerprint density at radius 3 is 2.53 bits per heavy atom. The molecular formula is C17H22. The Balaban J connectivity index is 2.19. The Labute approximate surface area is 105 Å². The van der Waals surface area contributed by atoms with Crippen LogP contribution in [0.4, 0.5) is 0 Å². The van der Waals surface area contributed by atoms with Gasteiger partial charge in [0.05, 0.1) is 0 Å². The molecule has 0 aromatic heterocycles. The van der Waals surface area contributed by atoms with Crippen molar-refractivity contribution in [3.05, 3.63) is 60.2 Å². The van der Waals surface area contributed by atoms with E-state index < -0.39 is 0 Å². The zero-order chi connectivity index (χ0) is 12.0. The van der Waals surface area contributed by atoms with Gasteiger partial charge in [0.2, 0.25) is 0 Å². The van der Waals surface area contributed by atoms with E-state index in [-0.39, 0.29) is 5.41 Å². The molecule has 1 aliphatic rings. The molecule has 1 unspecified atom stereocenters. The highest BCUT2D eigenvalue weighted by molar-refractivity contribution is 5.35. The normalized spacial score (nSPS) is 22.9. The third kappa shape index (κ3) is 2.88. The fraction of sp³-hybridized carbons (Fsp3) is 0.412. The van der Waals surface area contributed by atoms with E-state index >= 15 is 0 Å². The average Bonchev–Trinajstić information content (AvgIpc) is 2.41. The predicted octanol–water partition coefficient (Wildman–Crippen LogP) is 5.02. The van der Waals surface area contributed by atoms with Crippen molar-refractivity contribution in [3.8, 4) is 0 Å². The molecule has 1 atom stereocenters. The highest BCUT2D eigenvalue weighted by Gasteiger charge is 2.28. The van der Waals surface area contributed by atoms with E-state index in [9.17, 15) is 0 Å². The van der Waals surface area contributed by atoms with E-state index in [1.165, 1.54) is 31.2 Å². The molecule has 1 aromatic rings. The lowest BCUT2D eigenvalue weighted by atomic mass is 9.72. The van der Waals surface area contributed by atoms with E-state index in [2.05, 4.69) is 61.6 Å². The minimum Gasteiger partial charge on any atom is -0.0833 e. The topological polar surface area (TPSA) is 0 Å². The van der Waals surface area contributed by atoms with Crippen LogP contribution in [-0.2, 0) is 5.41 Å². The van der Waals surface area contributed by atoms with Crippen LogP contribution in [0.15, 0.2) is 54.6 Å². The maximum absolute atomic E-state index is 2.40. The maximum atomic E-state index is 2.40. The first-order valence-corrected chi connectivity index (χ1v) is 6.77. The van der Waals surface area contributed by atoms with Crippen molar-refractivity contribution in [1.82, 2.24) is 0 Å². The summed E-state index contributed by atoms with van der Waals surface area (Å²) in [6.45, 7) is 2.27. The van der Waals surface area contributed by atoms with Gasteiger partial charge in [-0.25, -0.2) is 0 Å². The molecule has 0 heteroatoms. The number of benzene rings is 1. The SMILES string of the molecule is CCCCCC1(c2ccccc2)C=CC=CC1. The van der Waals surface area contributed by atoms with Crippen LogP contribution in [0.3, 0.4) is 0 Å². The maximum Gasteiger partial charge on any atom is 0.0169 e. The molecule has 0 amide bonds. The largest absolute Gasteiger partial charge is 0.0833 e. The van der Waals surface area contributed by atoms with Crippen molar-refractivity contribution in [3.63, 3.8) is 0 Å². The second-order valence-corrected chi connectivity index (χ2v) is 4.97. The lowest BCUT2D eigenvalue weighted by Gasteiger charge is -2.32. The fourth-order valence-corrected chi connectivity index (χ4v) is 2.67. The Morgan fingerprint density at radius 1 is 1.06 bits per heavy atom. The Hall–Kier alpha value is -1.30. The van der Waals surface area contributed by atoms with E-state index in [0.29, 0.717) is 0 Å². The molecule has 1 aromatic carbocycles. The van der Waals surface area contributed by atoms with Crippen molar-refractivity contribution < 1.29 is 0 Å². The highest BCUT2D eigenvalue weighted by atomic mass is 14.3. The van der Waals surface area contributed by atoms with Gasteiger partial charge >= 0.3 is 0 Å². The van der Waals surface area contributed by atoms with E-state index in [4.69, 9.17) is 0 Å². The van der Waals surface area contributed by atoms with Crippen LogP contribution in [-0.4, -0.2) is 0 Å². The lowest BCUT2D eigenvalue weighted by molar-refractivity contribution is 0.461. The van der Waals surface area contributed by atoms with Gasteiger partial charge in [0.1, 0.15) is 0 Å². The van der Waals surface area contributed by atoms with Crippen LogP contribution in [0.25, 0.3) is 0 Å². The van der Waals surface area contributed by atoms with Gasteiger partial charge in [0.25, 0.3) is 0 Å². The summed E-state index contributed by atoms with van der Waals surface area (Å²) >= 11 is 0. The summed E-state index contributed by atoms with van der Waals surface area (Å²) in [6, 6.07) is 11.0. The van der Waals surface area contributed by atoms with Crippen molar-refractivity contribution in [2.45, 2.75) is 44.4 Å². The lowest BCUT2D eigenvalue weighted by Crippen LogP contribution is -2.24. The number of allylic oxidation sites excluding steroid dienone is 4. The molecule has 0 N–H and O–H groups in total. The summed E-state index contributed by atoms with van der Waals surface area (Å²) < 4.78 is 0. The average molecular weight is 226 g/mol. The molecule has 0 heterocycles. The second-order valence-electron chi connectivity index (χ2n) is 4.97. The van der Waals surface area contributed by atoms with Gasteiger partial charge in [0, 0.05) is 5.41 Å². The van der Waals surface area contributed by atoms with Crippen LogP contribution in [0.5, 0.6) is 0 Å². The smallest absolute Gasteiger partial charge is 0.0169 e. The Bertz CT molecular complexity index is 386. The van der Waals surface area contributed by atoms with Gasteiger partial charge in [-0.3, -0.25) is 0 Å². The molecular weight excluding hydrogens is 204 g/mol. The third-order valence-corrected chi connectivity index (χ3v) is 3.72. The number of rotatable bonds is 5. The molecule has 0 nitrogen and oxygen atoms in total. The summed E-state index contributed by atoms with van der Waals surface area (Å²) in [5.74, 6) is 0. The molecule has 0 saturated heterocycles. The quantitative estimate of drug-likeness (QED) is 0.618. The second kappa shape index (κ2) is 5.86. The highest BCUT2D eigenvalue weighted by Crippen LogP contribution is 2.37. The summed E-state index contributed by atoms with van der Waals surface area (Å²) in [5, 5.41) is 0. The summed E-state index contributed by atoms with van der Waals surface area (Å²) in [4.78, 5) is 0. The molecule has 0 bridgehead atoms. The minimum absolute atomic E-state index is 0.255. The van der Waals surface area contributed by atoms with Crippen LogP contribution < -0.4 is 0 Å². The Kier molecular flexibility index (Phi) is 4.19. The van der Waals surface area contributed by atoms with Crippen LogP contribution in [0.1, 0.15) is 44.6 Å². The zero-order valence-electron chi connectivity index (χ0n) is 10.7. The molecule has 0 aliphatic heterocycles. The van der Waals surface area contributed by atoms with Crippen molar-refractivity contribution in [2.75, 3.05) is 0 Å². The number of unbranched alkanes of at least 4 members (excludes halogenated alkanes) is 2. The van der Waals surface area contributed by atoms with Crippen molar-refractivity contribution in [1.29, 1.82) is 0 Å². The number of hydrogen-bond acceptors (Lipinski definition) is 0. The molecule has 17 heavy (non-hydrogen) atoms. The first-order valence-electron chi connectivity index (χ1n) is 6.77. The van der Waals surface area contributed by atoms with Gasteiger partial charge in [0.15, 0.2) is 0 Å². The summed E-state index contributed by atoms with van der Waals surface area (Å²) in [7, 11) is 0. The Morgan fingerprint density at radius 2 is 1.88 bits per heavy atom. The van der Waals surface area contributed by atoms with Crippen LogP contribution >= 0.6 is 0 Å². The third-order valence-electron chi connectivity index (χ3n) is 3.72. The van der Waals surface area contributed by atoms with Gasteiger partial charge in [-0.15, -0.1) is 0 Å². The summed E-state index contributed by atoms with van der Waals surface area (Å²) in [6.07, 6.45) is 15.5. The monoisotopic (exact) mass is 226 g/mol. The van der Waals surface area contributed by atoms with E-state index in [1.807, 2.05) is 0 Å². The van der Waals surface area contributed by atoms with E-state index in [0.717, 1.165) is 6.42 Å². The molecule has 1 aliphatic carbocycles. The predicted molar refractivity (Wildman–Crippen MR) is 75.2 cm³/mol. The zero-order valence-corrected chi connectivity index (χ0v) is 10.7. The molecule has 90 valence electrons. The van der Waals surface area contributed by atoms with Crippen LogP contribution in [0.2, 0.25) is 0 Å². The fourth-order valence-electron chi connectivity index (χ4n) is 2.67. The first kappa shape index (κ1) is 12.2. The van der Waals surface area contributed by atoms with E-state index in [1.54, 1.807) is 0 Å².